The molecule has 0 spiro atoms. The summed E-state index contributed by atoms with van der Waals surface area (Å²) in [7, 11) is 1.35. The van der Waals surface area contributed by atoms with Gasteiger partial charge in [0.05, 0.1) is 7.11 Å². The Labute approximate surface area is 169 Å². The van der Waals surface area contributed by atoms with Gasteiger partial charge in [-0.2, -0.15) is 0 Å². The van der Waals surface area contributed by atoms with Crippen LogP contribution < -0.4 is 5.32 Å². The van der Waals surface area contributed by atoms with E-state index in [0.29, 0.717) is 16.1 Å². The lowest BCUT2D eigenvalue weighted by molar-refractivity contribution is 0.0603. The summed E-state index contributed by atoms with van der Waals surface area (Å²) < 4.78 is 5.01. The van der Waals surface area contributed by atoms with Gasteiger partial charge in [-0.25, -0.2) is 4.79 Å². The molecule has 28 heavy (non-hydrogen) atoms. The SMILES string of the molecule is COC(=O)c1c(-c2cc(C)ccc2C)csc1NC(=O)c1ccc(C)c(C)c1. The molecule has 3 aromatic rings. The summed E-state index contributed by atoms with van der Waals surface area (Å²) in [5.41, 5.74) is 7.00. The molecule has 2 aromatic carbocycles. The van der Waals surface area contributed by atoms with Gasteiger partial charge in [0.15, 0.2) is 0 Å². The predicted octanol–water partition coefficient (Wildman–Crippen LogP) is 5.69. The molecular formula is C23H23NO3S. The number of hydrogen-bond acceptors (Lipinski definition) is 4. The van der Waals surface area contributed by atoms with E-state index in [0.717, 1.165) is 33.4 Å². The van der Waals surface area contributed by atoms with Crippen molar-refractivity contribution in [1.29, 1.82) is 0 Å². The highest BCUT2D eigenvalue weighted by Crippen LogP contribution is 2.38. The van der Waals surface area contributed by atoms with E-state index in [1.54, 1.807) is 6.07 Å². The van der Waals surface area contributed by atoms with Crippen molar-refractivity contribution < 1.29 is 14.3 Å². The van der Waals surface area contributed by atoms with E-state index >= 15 is 0 Å². The number of esters is 1. The standard InChI is InChI=1S/C23H23NO3S/c1-13-6-7-15(3)18(10-13)19-12-28-22(20(19)23(26)27-5)24-21(25)17-9-8-14(2)16(4)11-17/h6-12H,1-5H3,(H,24,25). The number of thiophene rings is 1. The summed E-state index contributed by atoms with van der Waals surface area (Å²) in [6, 6.07) is 11.7. The first kappa shape index (κ1) is 19.8. The zero-order valence-electron chi connectivity index (χ0n) is 16.7. The minimum absolute atomic E-state index is 0.248. The monoisotopic (exact) mass is 393 g/mol. The summed E-state index contributed by atoms with van der Waals surface area (Å²) in [5.74, 6) is -0.713. The van der Waals surface area contributed by atoms with Crippen molar-refractivity contribution in [3.05, 3.63) is 75.2 Å². The average molecular weight is 394 g/mol. The number of ether oxygens (including phenoxy) is 1. The maximum absolute atomic E-state index is 12.8. The number of nitrogens with one attached hydrogen (secondary N) is 1. The largest absolute Gasteiger partial charge is 0.465 e. The van der Waals surface area contributed by atoms with Gasteiger partial charge in [-0.1, -0.05) is 29.8 Å². The van der Waals surface area contributed by atoms with Crippen LogP contribution in [0.5, 0.6) is 0 Å². The van der Waals surface area contributed by atoms with Gasteiger partial charge >= 0.3 is 5.97 Å². The molecule has 4 nitrogen and oxygen atoms in total. The van der Waals surface area contributed by atoms with Crippen molar-refractivity contribution in [2.45, 2.75) is 27.7 Å². The number of carbonyl (C=O) groups excluding carboxylic acids is 2. The Bertz CT molecular complexity index is 1070. The third-order valence-corrected chi connectivity index (χ3v) is 5.76. The van der Waals surface area contributed by atoms with Crippen LogP contribution in [0.1, 0.15) is 43.0 Å². The smallest absolute Gasteiger partial charge is 0.341 e. The number of rotatable bonds is 4. The average Bonchev–Trinajstić information content (AvgIpc) is 3.08. The zero-order chi connectivity index (χ0) is 20.4. The van der Waals surface area contributed by atoms with Gasteiger partial charge in [0.25, 0.3) is 5.91 Å². The lowest BCUT2D eigenvalue weighted by Gasteiger charge is -2.11. The molecular weight excluding hydrogens is 370 g/mol. The third-order valence-electron chi connectivity index (χ3n) is 4.86. The van der Waals surface area contributed by atoms with Crippen molar-refractivity contribution in [2.24, 2.45) is 0 Å². The van der Waals surface area contributed by atoms with E-state index in [1.807, 2.05) is 63.4 Å². The van der Waals surface area contributed by atoms with Gasteiger partial charge in [-0.15, -0.1) is 11.3 Å². The first-order valence-corrected chi connectivity index (χ1v) is 9.85. The first-order chi connectivity index (χ1) is 13.3. The van der Waals surface area contributed by atoms with Crippen LogP contribution in [0.4, 0.5) is 5.00 Å². The Morgan fingerprint density at radius 2 is 1.61 bits per heavy atom. The van der Waals surface area contributed by atoms with E-state index in [1.165, 1.54) is 18.4 Å². The summed E-state index contributed by atoms with van der Waals surface area (Å²) in [4.78, 5) is 25.3. The Kier molecular flexibility index (Phi) is 5.66. The van der Waals surface area contributed by atoms with Crippen LogP contribution >= 0.6 is 11.3 Å². The summed E-state index contributed by atoms with van der Waals surface area (Å²) >= 11 is 1.33. The van der Waals surface area contributed by atoms with Crippen LogP contribution in [0.2, 0.25) is 0 Å². The lowest BCUT2D eigenvalue weighted by atomic mass is 9.97. The lowest BCUT2D eigenvalue weighted by Crippen LogP contribution is -2.14. The second-order valence-corrected chi connectivity index (χ2v) is 7.80. The molecule has 0 atom stereocenters. The van der Waals surface area contributed by atoms with Gasteiger partial charge < -0.3 is 10.1 Å². The number of hydrogen-bond donors (Lipinski definition) is 1. The quantitative estimate of drug-likeness (QED) is 0.580. The van der Waals surface area contributed by atoms with E-state index in [4.69, 9.17) is 4.74 Å². The molecule has 0 saturated heterocycles. The number of benzene rings is 2. The van der Waals surface area contributed by atoms with Crippen molar-refractivity contribution in [3.63, 3.8) is 0 Å². The van der Waals surface area contributed by atoms with Gasteiger partial charge in [-0.05, 0) is 62.1 Å². The van der Waals surface area contributed by atoms with E-state index in [2.05, 4.69) is 5.32 Å². The number of anilines is 1. The molecule has 1 amide bonds. The van der Waals surface area contributed by atoms with Gasteiger partial charge in [0.2, 0.25) is 0 Å². The normalized spacial score (nSPS) is 10.6. The predicted molar refractivity (Wildman–Crippen MR) is 114 cm³/mol. The minimum Gasteiger partial charge on any atom is -0.465 e. The number of amides is 1. The van der Waals surface area contributed by atoms with Crippen LogP contribution in [0, 0.1) is 27.7 Å². The summed E-state index contributed by atoms with van der Waals surface area (Å²) in [6.07, 6.45) is 0. The van der Waals surface area contributed by atoms with Gasteiger partial charge in [0, 0.05) is 16.5 Å². The van der Waals surface area contributed by atoms with Crippen LogP contribution in [0.3, 0.4) is 0 Å². The molecule has 1 N–H and O–H groups in total. The van der Waals surface area contributed by atoms with E-state index in [-0.39, 0.29) is 5.91 Å². The number of carbonyl (C=O) groups is 2. The molecule has 0 bridgehead atoms. The highest BCUT2D eigenvalue weighted by Gasteiger charge is 2.23. The molecule has 144 valence electrons. The fraction of sp³-hybridized carbons (Fsp3) is 0.217. The van der Waals surface area contributed by atoms with Crippen LogP contribution in [0.15, 0.2) is 41.8 Å². The van der Waals surface area contributed by atoms with Crippen molar-refractivity contribution >= 4 is 28.2 Å². The highest BCUT2D eigenvalue weighted by atomic mass is 32.1. The number of methoxy groups -OCH3 is 1. The molecule has 0 fully saturated rings. The molecule has 0 radical (unpaired) electrons. The van der Waals surface area contributed by atoms with Crippen LogP contribution in [0.25, 0.3) is 11.1 Å². The van der Waals surface area contributed by atoms with Crippen LogP contribution in [-0.2, 0) is 4.74 Å². The van der Waals surface area contributed by atoms with Crippen molar-refractivity contribution in [3.8, 4) is 11.1 Å². The second kappa shape index (κ2) is 7.98. The maximum atomic E-state index is 12.8. The van der Waals surface area contributed by atoms with E-state index in [9.17, 15) is 9.59 Å². The summed E-state index contributed by atoms with van der Waals surface area (Å²) in [6.45, 7) is 7.98. The van der Waals surface area contributed by atoms with Crippen molar-refractivity contribution in [1.82, 2.24) is 0 Å². The Hall–Kier alpha value is -2.92. The zero-order valence-corrected chi connectivity index (χ0v) is 17.5. The Balaban J connectivity index is 2.03. The molecule has 3 rings (SSSR count). The molecule has 0 aliphatic carbocycles. The summed E-state index contributed by atoms with van der Waals surface area (Å²) in [5, 5.41) is 5.28. The van der Waals surface area contributed by atoms with Crippen LogP contribution in [-0.4, -0.2) is 19.0 Å². The fourth-order valence-electron chi connectivity index (χ4n) is 3.04. The fourth-order valence-corrected chi connectivity index (χ4v) is 3.98. The van der Waals surface area contributed by atoms with E-state index < -0.39 is 5.97 Å². The second-order valence-electron chi connectivity index (χ2n) is 6.92. The molecule has 0 saturated carbocycles. The molecule has 5 heteroatoms. The maximum Gasteiger partial charge on any atom is 0.341 e. The molecule has 1 aromatic heterocycles. The Morgan fingerprint density at radius 3 is 2.29 bits per heavy atom. The van der Waals surface area contributed by atoms with Crippen molar-refractivity contribution in [2.75, 3.05) is 12.4 Å². The molecule has 0 aliphatic rings. The minimum atomic E-state index is -0.465. The van der Waals surface area contributed by atoms with Gasteiger partial charge in [-0.3, -0.25) is 4.79 Å². The Morgan fingerprint density at radius 1 is 0.893 bits per heavy atom. The van der Waals surface area contributed by atoms with Gasteiger partial charge in [0.1, 0.15) is 10.6 Å². The molecule has 0 unspecified atom stereocenters. The highest BCUT2D eigenvalue weighted by molar-refractivity contribution is 7.15. The molecule has 0 aliphatic heterocycles. The molecule has 1 heterocycles. The first-order valence-electron chi connectivity index (χ1n) is 8.98. The number of aryl methyl sites for hydroxylation is 4. The third kappa shape index (κ3) is 3.85. The topological polar surface area (TPSA) is 55.4 Å².